The van der Waals surface area contributed by atoms with Crippen LogP contribution in [0.3, 0.4) is 0 Å². The van der Waals surface area contributed by atoms with Gasteiger partial charge in [-0.2, -0.15) is 0 Å². The number of rotatable bonds is 7. The molecule has 0 unspecified atom stereocenters. The van der Waals surface area contributed by atoms with Crippen LogP contribution >= 0.6 is 0 Å². The first-order valence-corrected chi connectivity index (χ1v) is 11.4. The largest absolute Gasteiger partial charge is 0.497 e. The molecule has 30 heavy (non-hydrogen) atoms. The minimum atomic E-state index is -3.49. The summed E-state index contributed by atoms with van der Waals surface area (Å²) in [4.78, 5) is 12.7. The summed E-state index contributed by atoms with van der Waals surface area (Å²) in [6.45, 7) is 2.26. The Hall–Kier alpha value is -2.94. The van der Waals surface area contributed by atoms with Gasteiger partial charge in [0.15, 0.2) is 6.10 Å². The fourth-order valence-electron chi connectivity index (χ4n) is 3.13. The third-order valence-electron chi connectivity index (χ3n) is 4.64. The van der Waals surface area contributed by atoms with Crippen LogP contribution in [0.2, 0.25) is 0 Å². The average molecular weight is 435 g/mol. The molecule has 1 aliphatic rings. The van der Waals surface area contributed by atoms with Crippen LogP contribution in [0.15, 0.2) is 48.5 Å². The Kier molecular flexibility index (Phi) is 6.71. The minimum Gasteiger partial charge on any atom is -0.497 e. The number of amides is 1. The SMILES string of the molecule is COc1ccc(OC[C@H](C)NC(=O)[C@@H]2CCN(S(C)(=O)=O)c3ccccc3O2)cc1. The summed E-state index contributed by atoms with van der Waals surface area (Å²) >= 11 is 0. The molecule has 1 N–H and O–H groups in total. The minimum absolute atomic E-state index is 0.157. The number of nitrogens with zero attached hydrogens (tertiary/aromatic N) is 1. The second-order valence-electron chi connectivity index (χ2n) is 7.09. The summed E-state index contributed by atoms with van der Waals surface area (Å²) in [5.41, 5.74) is 0.436. The smallest absolute Gasteiger partial charge is 0.261 e. The topological polar surface area (TPSA) is 94.2 Å². The first-order chi connectivity index (χ1) is 14.3. The summed E-state index contributed by atoms with van der Waals surface area (Å²) in [6.07, 6.45) is 0.573. The average Bonchev–Trinajstić information content (AvgIpc) is 2.92. The molecule has 2 aromatic rings. The van der Waals surface area contributed by atoms with Gasteiger partial charge in [0.2, 0.25) is 10.0 Å². The molecule has 2 atom stereocenters. The zero-order valence-electron chi connectivity index (χ0n) is 17.2. The number of benzene rings is 2. The number of ether oxygens (including phenoxy) is 3. The van der Waals surface area contributed by atoms with Crippen molar-refractivity contribution >= 4 is 21.6 Å². The highest BCUT2D eigenvalue weighted by molar-refractivity contribution is 7.92. The Morgan fingerprint density at radius 3 is 2.53 bits per heavy atom. The van der Waals surface area contributed by atoms with Gasteiger partial charge in [0.1, 0.15) is 23.9 Å². The van der Waals surface area contributed by atoms with Crippen molar-refractivity contribution in [3.05, 3.63) is 48.5 Å². The summed E-state index contributed by atoms with van der Waals surface area (Å²) < 4.78 is 42.3. The van der Waals surface area contributed by atoms with Crippen LogP contribution in [-0.4, -0.2) is 53.0 Å². The van der Waals surface area contributed by atoms with Crippen molar-refractivity contribution in [1.82, 2.24) is 5.32 Å². The number of hydrogen-bond acceptors (Lipinski definition) is 6. The van der Waals surface area contributed by atoms with Crippen molar-refractivity contribution in [3.8, 4) is 17.2 Å². The predicted molar refractivity (Wildman–Crippen MR) is 114 cm³/mol. The molecule has 8 nitrogen and oxygen atoms in total. The molecule has 1 aliphatic heterocycles. The van der Waals surface area contributed by atoms with Crippen LogP contribution in [0, 0.1) is 0 Å². The highest BCUT2D eigenvalue weighted by Crippen LogP contribution is 2.33. The van der Waals surface area contributed by atoms with E-state index >= 15 is 0 Å². The molecule has 9 heteroatoms. The van der Waals surface area contributed by atoms with Gasteiger partial charge in [-0.25, -0.2) is 8.42 Å². The number of hydrogen-bond donors (Lipinski definition) is 1. The lowest BCUT2D eigenvalue weighted by Gasteiger charge is -2.20. The maximum Gasteiger partial charge on any atom is 0.261 e. The van der Waals surface area contributed by atoms with Crippen LogP contribution in [0.1, 0.15) is 13.3 Å². The molecule has 0 radical (unpaired) electrons. The molecule has 3 rings (SSSR count). The van der Waals surface area contributed by atoms with Gasteiger partial charge in [-0.3, -0.25) is 9.10 Å². The van der Waals surface area contributed by atoms with Crippen molar-refractivity contribution < 1.29 is 27.4 Å². The van der Waals surface area contributed by atoms with Crippen molar-refractivity contribution in [3.63, 3.8) is 0 Å². The second-order valence-corrected chi connectivity index (χ2v) is 9.00. The molecule has 1 amide bonds. The molecule has 0 aromatic heterocycles. The van der Waals surface area contributed by atoms with E-state index in [0.29, 0.717) is 17.2 Å². The molecule has 162 valence electrons. The van der Waals surface area contributed by atoms with E-state index in [-0.39, 0.29) is 31.5 Å². The summed E-state index contributed by atoms with van der Waals surface area (Å²) in [5.74, 6) is 1.45. The number of anilines is 1. The predicted octanol–water partition coefficient (Wildman–Crippen LogP) is 2.20. The zero-order chi connectivity index (χ0) is 21.7. The molecule has 0 spiro atoms. The lowest BCUT2D eigenvalue weighted by molar-refractivity contribution is -0.128. The Bertz CT molecular complexity index is 977. The highest BCUT2D eigenvalue weighted by atomic mass is 32.2. The van der Waals surface area contributed by atoms with Gasteiger partial charge in [0.05, 0.1) is 25.1 Å². The first kappa shape index (κ1) is 21.8. The molecule has 0 saturated carbocycles. The molecule has 0 aliphatic carbocycles. The van der Waals surface area contributed by atoms with Crippen molar-refractivity contribution in [2.24, 2.45) is 0 Å². The van der Waals surface area contributed by atoms with Crippen LogP contribution in [0.25, 0.3) is 0 Å². The number of sulfonamides is 1. The molecule has 1 heterocycles. The lowest BCUT2D eigenvalue weighted by Crippen LogP contribution is -2.45. The van der Waals surface area contributed by atoms with E-state index in [4.69, 9.17) is 14.2 Å². The molecule has 0 saturated heterocycles. The number of para-hydroxylation sites is 2. The molecular formula is C21H26N2O6S. The summed E-state index contributed by atoms with van der Waals surface area (Å²) in [6, 6.07) is 13.7. The Morgan fingerprint density at radius 1 is 1.20 bits per heavy atom. The fourth-order valence-corrected chi connectivity index (χ4v) is 4.07. The summed E-state index contributed by atoms with van der Waals surface area (Å²) in [5, 5.41) is 2.87. The maximum atomic E-state index is 12.7. The Morgan fingerprint density at radius 2 is 1.87 bits per heavy atom. The highest BCUT2D eigenvalue weighted by Gasteiger charge is 2.31. The van der Waals surface area contributed by atoms with Crippen LogP contribution in [-0.2, 0) is 14.8 Å². The van der Waals surface area contributed by atoms with Gasteiger partial charge in [0.25, 0.3) is 5.91 Å². The normalized spacial score (nSPS) is 17.2. The third-order valence-corrected chi connectivity index (χ3v) is 5.82. The number of fused-ring (bicyclic) bond motifs is 1. The van der Waals surface area contributed by atoms with Crippen LogP contribution in [0.4, 0.5) is 5.69 Å². The summed E-state index contributed by atoms with van der Waals surface area (Å²) in [7, 11) is -1.89. The molecule has 0 bridgehead atoms. The van der Waals surface area contributed by atoms with Gasteiger partial charge in [0, 0.05) is 13.0 Å². The standard InChI is InChI=1S/C21H26N2O6S/c1-15(14-28-17-10-8-16(27-2)9-11-17)22-21(24)20-12-13-23(30(3,25)26)18-6-4-5-7-19(18)29-20/h4-11,15,20H,12-14H2,1-3H3,(H,22,24)/t15-,20-/m0/s1. The fraction of sp³-hybridized carbons (Fsp3) is 0.381. The van der Waals surface area contributed by atoms with Gasteiger partial charge in [-0.15, -0.1) is 0 Å². The number of carbonyl (C=O) groups excluding carboxylic acids is 1. The lowest BCUT2D eigenvalue weighted by atomic mass is 10.2. The van der Waals surface area contributed by atoms with Gasteiger partial charge >= 0.3 is 0 Å². The maximum absolute atomic E-state index is 12.7. The molecule has 0 fully saturated rings. The number of carbonyl (C=O) groups is 1. The van der Waals surface area contributed by atoms with Gasteiger partial charge in [-0.05, 0) is 43.3 Å². The van der Waals surface area contributed by atoms with Crippen LogP contribution < -0.4 is 23.8 Å². The van der Waals surface area contributed by atoms with Gasteiger partial charge in [-0.1, -0.05) is 12.1 Å². The number of methoxy groups -OCH3 is 1. The number of nitrogens with one attached hydrogen (secondary N) is 1. The van der Waals surface area contributed by atoms with E-state index in [1.165, 1.54) is 4.31 Å². The van der Waals surface area contributed by atoms with E-state index in [9.17, 15) is 13.2 Å². The van der Waals surface area contributed by atoms with E-state index in [2.05, 4.69) is 5.32 Å². The second kappa shape index (κ2) is 9.25. The van der Waals surface area contributed by atoms with E-state index in [0.717, 1.165) is 12.0 Å². The van der Waals surface area contributed by atoms with Crippen molar-refractivity contribution in [1.29, 1.82) is 0 Å². The third kappa shape index (κ3) is 5.35. The monoisotopic (exact) mass is 434 g/mol. The van der Waals surface area contributed by atoms with Gasteiger partial charge < -0.3 is 19.5 Å². The van der Waals surface area contributed by atoms with Crippen LogP contribution in [0.5, 0.6) is 17.2 Å². The van der Waals surface area contributed by atoms with E-state index < -0.39 is 16.1 Å². The van der Waals surface area contributed by atoms with Crippen molar-refractivity contribution in [2.75, 3.05) is 30.8 Å². The van der Waals surface area contributed by atoms with Crippen molar-refractivity contribution in [2.45, 2.75) is 25.5 Å². The zero-order valence-corrected chi connectivity index (χ0v) is 18.0. The Balaban J connectivity index is 1.61. The van der Waals surface area contributed by atoms with E-state index in [1.807, 2.05) is 6.92 Å². The quantitative estimate of drug-likeness (QED) is 0.718. The molecular weight excluding hydrogens is 408 g/mol. The molecule has 2 aromatic carbocycles. The van der Waals surface area contributed by atoms with E-state index in [1.54, 1.807) is 55.6 Å². The first-order valence-electron chi connectivity index (χ1n) is 9.58. The Labute approximate surface area is 176 Å².